The molecule has 0 radical (unpaired) electrons. The monoisotopic (exact) mass is 385 g/mol. The number of carbonyl (C=O) groups is 1. The van der Waals surface area contributed by atoms with Crippen molar-refractivity contribution in [2.45, 2.75) is 97.9 Å². The molecule has 162 valence electrons. The molecule has 5 nitrogen and oxygen atoms in total. The van der Waals surface area contributed by atoms with E-state index in [-0.39, 0.29) is 17.0 Å². The summed E-state index contributed by atoms with van der Waals surface area (Å²) < 4.78 is 6.17. The SMILES string of the molecule is CC(C)N(C)CCCC(=O)N(C)C(C)(C)CCOC(C)(C)CN(C)C(C)C. The van der Waals surface area contributed by atoms with Crippen molar-refractivity contribution < 1.29 is 9.53 Å². The highest BCUT2D eigenvalue weighted by Gasteiger charge is 2.29. The maximum atomic E-state index is 12.6. The third-order valence-corrected chi connectivity index (χ3v) is 5.78. The zero-order valence-corrected chi connectivity index (χ0v) is 20.1. The topological polar surface area (TPSA) is 36.0 Å². The van der Waals surface area contributed by atoms with Crippen LogP contribution < -0.4 is 0 Å². The van der Waals surface area contributed by atoms with Gasteiger partial charge in [-0.2, -0.15) is 0 Å². The van der Waals surface area contributed by atoms with Gasteiger partial charge >= 0.3 is 0 Å². The summed E-state index contributed by atoms with van der Waals surface area (Å²) in [6.45, 7) is 19.8. The summed E-state index contributed by atoms with van der Waals surface area (Å²) in [5.41, 5.74) is -0.403. The molecule has 0 aliphatic rings. The van der Waals surface area contributed by atoms with Crippen LogP contribution in [0.1, 0.15) is 74.7 Å². The summed E-state index contributed by atoms with van der Waals surface area (Å²) in [5.74, 6) is 0.218. The first-order valence-corrected chi connectivity index (χ1v) is 10.5. The third-order valence-electron chi connectivity index (χ3n) is 5.78. The molecule has 0 aromatic rings. The van der Waals surface area contributed by atoms with Gasteiger partial charge < -0.3 is 19.4 Å². The smallest absolute Gasteiger partial charge is 0.222 e. The molecule has 0 aromatic carbocycles. The van der Waals surface area contributed by atoms with Gasteiger partial charge in [-0.1, -0.05) is 0 Å². The van der Waals surface area contributed by atoms with E-state index in [0.29, 0.717) is 25.1 Å². The third kappa shape index (κ3) is 10.5. The van der Waals surface area contributed by atoms with E-state index in [0.717, 1.165) is 25.9 Å². The summed E-state index contributed by atoms with van der Waals surface area (Å²) in [4.78, 5) is 19.1. The van der Waals surface area contributed by atoms with Crippen molar-refractivity contribution in [2.24, 2.45) is 0 Å². The summed E-state index contributed by atoms with van der Waals surface area (Å²) in [7, 11) is 6.16. The van der Waals surface area contributed by atoms with Crippen molar-refractivity contribution >= 4 is 5.91 Å². The molecule has 0 unspecified atom stereocenters. The fraction of sp³-hybridized carbons (Fsp3) is 0.955. The highest BCUT2D eigenvalue weighted by atomic mass is 16.5. The molecule has 5 heteroatoms. The average Bonchev–Trinajstić information content (AvgIpc) is 2.52. The maximum absolute atomic E-state index is 12.6. The van der Waals surface area contributed by atoms with E-state index in [4.69, 9.17) is 4.74 Å². The molecule has 0 aliphatic heterocycles. The molecule has 0 saturated carbocycles. The molecule has 27 heavy (non-hydrogen) atoms. The predicted molar refractivity (Wildman–Crippen MR) is 116 cm³/mol. The van der Waals surface area contributed by atoms with Crippen molar-refractivity contribution in [3.05, 3.63) is 0 Å². The minimum absolute atomic E-state index is 0.195. The van der Waals surface area contributed by atoms with Gasteiger partial charge in [0.2, 0.25) is 5.91 Å². The Balaban J connectivity index is 4.41. The van der Waals surface area contributed by atoms with Crippen LogP contribution >= 0.6 is 0 Å². The summed E-state index contributed by atoms with van der Waals surface area (Å²) in [5, 5.41) is 0. The van der Waals surface area contributed by atoms with Crippen molar-refractivity contribution in [3.8, 4) is 0 Å². The number of hydrogen-bond donors (Lipinski definition) is 0. The van der Waals surface area contributed by atoms with Crippen LogP contribution in [-0.4, -0.2) is 84.7 Å². The molecule has 0 aliphatic carbocycles. The zero-order valence-electron chi connectivity index (χ0n) is 20.1. The van der Waals surface area contributed by atoms with Crippen molar-refractivity contribution in [2.75, 3.05) is 40.8 Å². The molecule has 0 atom stereocenters. The lowest BCUT2D eigenvalue weighted by Crippen LogP contribution is -2.47. The molecular weight excluding hydrogens is 338 g/mol. The number of rotatable bonds is 13. The molecule has 1 amide bonds. The van der Waals surface area contributed by atoms with Crippen molar-refractivity contribution in [1.29, 1.82) is 0 Å². The molecule has 0 saturated heterocycles. The minimum atomic E-state index is -0.207. The molecule has 0 fully saturated rings. The molecular formula is C22H47N3O2. The van der Waals surface area contributed by atoms with Crippen LogP contribution in [0.25, 0.3) is 0 Å². The summed E-state index contributed by atoms with van der Waals surface area (Å²) >= 11 is 0. The highest BCUT2D eigenvalue weighted by molar-refractivity contribution is 5.76. The summed E-state index contributed by atoms with van der Waals surface area (Å²) in [6, 6.07) is 1.02. The standard InChI is InChI=1S/C22H47N3O2/c1-18(2)23(9)15-12-13-20(26)25(11)21(5,6)14-16-27-22(7,8)17-24(10)19(3)4/h18-19H,12-17H2,1-11H3. The first-order chi connectivity index (χ1) is 12.2. The van der Waals surface area contributed by atoms with Crippen LogP contribution in [0.2, 0.25) is 0 Å². The largest absolute Gasteiger partial charge is 0.374 e. The van der Waals surface area contributed by atoms with Gasteiger partial charge in [0.25, 0.3) is 0 Å². The van der Waals surface area contributed by atoms with Gasteiger partial charge in [-0.15, -0.1) is 0 Å². The van der Waals surface area contributed by atoms with Crippen LogP contribution in [0, 0.1) is 0 Å². The number of ether oxygens (including phenoxy) is 1. The second-order valence-electron chi connectivity index (χ2n) is 9.81. The predicted octanol–water partition coefficient (Wildman–Crippen LogP) is 3.87. The molecule has 0 N–H and O–H groups in total. The van der Waals surface area contributed by atoms with E-state index in [1.165, 1.54) is 0 Å². The minimum Gasteiger partial charge on any atom is -0.374 e. The Hall–Kier alpha value is -0.650. The highest BCUT2D eigenvalue weighted by Crippen LogP contribution is 2.21. The van der Waals surface area contributed by atoms with Gasteiger partial charge in [-0.25, -0.2) is 0 Å². The quantitative estimate of drug-likeness (QED) is 0.482. The number of hydrogen-bond acceptors (Lipinski definition) is 4. The van der Waals surface area contributed by atoms with Crippen LogP contribution in [0.3, 0.4) is 0 Å². The maximum Gasteiger partial charge on any atom is 0.222 e. The van der Waals surface area contributed by atoms with Crippen molar-refractivity contribution in [3.63, 3.8) is 0 Å². The van der Waals surface area contributed by atoms with Gasteiger partial charge in [0, 0.05) is 44.2 Å². The average molecular weight is 386 g/mol. The van der Waals surface area contributed by atoms with Crippen LogP contribution in [0.4, 0.5) is 0 Å². The first kappa shape index (κ1) is 26.4. The van der Waals surface area contributed by atoms with Gasteiger partial charge in [0.05, 0.1) is 5.60 Å². The van der Waals surface area contributed by atoms with E-state index in [2.05, 4.69) is 79.3 Å². The lowest BCUT2D eigenvalue weighted by Gasteiger charge is -2.38. The zero-order chi connectivity index (χ0) is 21.4. The second-order valence-corrected chi connectivity index (χ2v) is 9.81. The lowest BCUT2D eigenvalue weighted by molar-refractivity contribution is -0.136. The van der Waals surface area contributed by atoms with Crippen LogP contribution in [0.5, 0.6) is 0 Å². The van der Waals surface area contributed by atoms with Crippen LogP contribution in [0.15, 0.2) is 0 Å². The van der Waals surface area contributed by atoms with Crippen molar-refractivity contribution in [1.82, 2.24) is 14.7 Å². The van der Waals surface area contributed by atoms with E-state index < -0.39 is 0 Å². The van der Waals surface area contributed by atoms with Gasteiger partial charge in [-0.05, 0) is 88.9 Å². The number of carbonyl (C=O) groups excluding carboxylic acids is 1. The lowest BCUT2D eigenvalue weighted by atomic mass is 9.98. The fourth-order valence-electron chi connectivity index (χ4n) is 2.82. The van der Waals surface area contributed by atoms with E-state index in [9.17, 15) is 4.79 Å². The Labute approximate surface area is 169 Å². The molecule has 0 spiro atoms. The number of amides is 1. The number of nitrogens with zero attached hydrogens (tertiary/aromatic N) is 3. The molecule has 0 heterocycles. The Kier molecular flexibility index (Phi) is 11.1. The molecule has 0 rings (SSSR count). The Morgan fingerprint density at radius 2 is 1.44 bits per heavy atom. The molecule has 0 aromatic heterocycles. The van der Waals surface area contributed by atoms with Gasteiger partial charge in [0.1, 0.15) is 0 Å². The first-order valence-electron chi connectivity index (χ1n) is 10.5. The van der Waals surface area contributed by atoms with E-state index in [1.54, 1.807) is 0 Å². The normalized spacial score (nSPS) is 13.3. The second kappa shape index (κ2) is 11.4. The fourth-order valence-corrected chi connectivity index (χ4v) is 2.82. The Bertz CT molecular complexity index is 433. The van der Waals surface area contributed by atoms with Crippen LogP contribution in [-0.2, 0) is 9.53 Å². The van der Waals surface area contributed by atoms with E-state index in [1.807, 2.05) is 11.9 Å². The molecule has 0 bridgehead atoms. The van der Waals surface area contributed by atoms with E-state index >= 15 is 0 Å². The Morgan fingerprint density at radius 1 is 0.926 bits per heavy atom. The number of likely N-dealkylation sites (N-methyl/N-ethyl adjacent to an activating group) is 1. The van der Waals surface area contributed by atoms with Gasteiger partial charge in [0.15, 0.2) is 0 Å². The Morgan fingerprint density at radius 3 is 1.93 bits per heavy atom. The summed E-state index contributed by atoms with van der Waals surface area (Å²) in [6.07, 6.45) is 2.33. The van der Waals surface area contributed by atoms with Gasteiger partial charge in [-0.3, -0.25) is 4.79 Å².